The Bertz CT molecular complexity index is 635. The number of nitrogens with one attached hydrogen (secondary N) is 1. The van der Waals surface area contributed by atoms with Crippen LogP contribution in [0.4, 0.5) is 0 Å². The van der Waals surface area contributed by atoms with Crippen LogP contribution in [0, 0.1) is 0 Å². The summed E-state index contributed by atoms with van der Waals surface area (Å²) in [4.78, 5) is 24.7. The fourth-order valence-electron chi connectivity index (χ4n) is 1.45. The number of halogens is 2. The van der Waals surface area contributed by atoms with Gasteiger partial charge < -0.3 is 4.98 Å². The van der Waals surface area contributed by atoms with Crippen molar-refractivity contribution in [3.05, 3.63) is 56.4 Å². The minimum Gasteiger partial charge on any atom is -0.319 e. The van der Waals surface area contributed by atoms with Gasteiger partial charge >= 0.3 is 0 Å². The van der Waals surface area contributed by atoms with Gasteiger partial charge in [-0.15, -0.1) is 0 Å². The maximum Gasteiger partial charge on any atom is 0.256 e. The third-order valence-corrected chi connectivity index (χ3v) is 3.03. The highest BCUT2D eigenvalue weighted by molar-refractivity contribution is 6.42. The smallest absolute Gasteiger partial charge is 0.256 e. The van der Waals surface area contributed by atoms with Crippen LogP contribution in [0.2, 0.25) is 10.0 Å². The van der Waals surface area contributed by atoms with Gasteiger partial charge in [-0.3, -0.25) is 9.59 Å². The van der Waals surface area contributed by atoms with Gasteiger partial charge in [0.25, 0.3) is 5.56 Å². The van der Waals surface area contributed by atoms with E-state index in [4.69, 9.17) is 23.2 Å². The van der Waals surface area contributed by atoms with Crippen LogP contribution in [0.1, 0.15) is 10.5 Å². The van der Waals surface area contributed by atoms with Gasteiger partial charge in [0.1, 0.15) is 0 Å². The largest absolute Gasteiger partial charge is 0.319 e. The summed E-state index contributed by atoms with van der Waals surface area (Å²) < 4.78 is 0. The lowest BCUT2D eigenvalue weighted by atomic mass is 10.1. The highest BCUT2D eigenvalue weighted by atomic mass is 35.5. The number of H-pyrrole nitrogens is 1. The average molecular weight is 268 g/mol. The maximum absolute atomic E-state index is 11.7. The van der Waals surface area contributed by atoms with E-state index in [1.807, 2.05) is 0 Å². The molecule has 1 heterocycles. The third-order valence-electron chi connectivity index (χ3n) is 2.29. The fraction of sp³-hybridized carbons (Fsp3) is 0. The van der Waals surface area contributed by atoms with Crippen molar-refractivity contribution in [3.8, 4) is 11.1 Å². The number of aromatic nitrogens is 1. The van der Waals surface area contributed by atoms with E-state index >= 15 is 0 Å². The monoisotopic (exact) mass is 267 g/mol. The molecule has 0 atom stereocenters. The van der Waals surface area contributed by atoms with Crippen molar-refractivity contribution in [3.63, 3.8) is 0 Å². The van der Waals surface area contributed by atoms with E-state index < -0.39 is 0 Å². The molecule has 5 heteroatoms. The van der Waals surface area contributed by atoms with E-state index in [9.17, 15) is 9.59 Å². The van der Waals surface area contributed by atoms with E-state index in [0.29, 0.717) is 27.5 Å². The first kappa shape index (κ1) is 11.9. The number of pyridine rings is 1. The summed E-state index contributed by atoms with van der Waals surface area (Å²) in [6.07, 6.45) is 0.583. The van der Waals surface area contributed by atoms with Crippen LogP contribution in [-0.2, 0) is 0 Å². The van der Waals surface area contributed by atoms with Gasteiger partial charge in [-0.1, -0.05) is 29.3 Å². The van der Waals surface area contributed by atoms with Gasteiger partial charge in [-0.2, -0.15) is 0 Å². The number of hydrogen-bond acceptors (Lipinski definition) is 2. The third kappa shape index (κ3) is 2.40. The number of benzene rings is 1. The fourth-order valence-corrected chi connectivity index (χ4v) is 1.75. The standard InChI is InChI=1S/C12H7Cl2NO2/c13-10-4-1-7(5-11(10)14)9-3-2-8(6-16)15-12(9)17/h1-6H,(H,15,17). The minimum atomic E-state index is -0.340. The van der Waals surface area contributed by atoms with E-state index in [2.05, 4.69) is 4.98 Å². The van der Waals surface area contributed by atoms with Crippen LogP contribution in [0.15, 0.2) is 35.1 Å². The molecule has 0 radical (unpaired) electrons. The predicted octanol–water partition coefficient (Wildman–Crippen LogP) is 3.16. The molecule has 1 N–H and O–H groups in total. The van der Waals surface area contributed by atoms with Crippen molar-refractivity contribution >= 4 is 29.5 Å². The van der Waals surface area contributed by atoms with Crippen LogP contribution in [-0.4, -0.2) is 11.3 Å². The lowest BCUT2D eigenvalue weighted by Crippen LogP contribution is -2.10. The molecule has 0 bridgehead atoms. The van der Waals surface area contributed by atoms with Gasteiger partial charge in [0.2, 0.25) is 0 Å². The second-order valence-corrected chi connectivity index (χ2v) is 4.22. The SMILES string of the molecule is O=Cc1ccc(-c2ccc(Cl)c(Cl)c2)c(=O)[nH]1. The van der Waals surface area contributed by atoms with Crippen LogP contribution < -0.4 is 5.56 Å². The number of rotatable bonds is 2. The zero-order chi connectivity index (χ0) is 12.4. The number of carbonyl (C=O) groups is 1. The lowest BCUT2D eigenvalue weighted by molar-refractivity contribution is 0.111. The number of aldehydes is 1. The van der Waals surface area contributed by atoms with Gasteiger partial charge in [-0.25, -0.2) is 0 Å². The van der Waals surface area contributed by atoms with Gasteiger partial charge in [0.05, 0.1) is 15.7 Å². The van der Waals surface area contributed by atoms with Crippen molar-refractivity contribution in [2.24, 2.45) is 0 Å². The first-order valence-electron chi connectivity index (χ1n) is 4.76. The molecule has 3 nitrogen and oxygen atoms in total. The Hall–Kier alpha value is -1.58. The van der Waals surface area contributed by atoms with Crippen molar-refractivity contribution < 1.29 is 4.79 Å². The van der Waals surface area contributed by atoms with Gasteiger partial charge in [-0.05, 0) is 29.8 Å². The molecule has 2 aromatic rings. The second-order valence-electron chi connectivity index (χ2n) is 3.40. The Labute approximate surface area is 107 Å². The molecule has 0 saturated heterocycles. The quantitative estimate of drug-likeness (QED) is 0.850. The molecule has 0 aliphatic carbocycles. The minimum absolute atomic E-state index is 0.235. The molecule has 0 fully saturated rings. The zero-order valence-electron chi connectivity index (χ0n) is 8.54. The van der Waals surface area contributed by atoms with Crippen LogP contribution in [0.3, 0.4) is 0 Å². The van der Waals surface area contributed by atoms with Crippen molar-refractivity contribution in [1.29, 1.82) is 0 Å². The van der Waals surface area contributed by atoms with E-state index in [1.165, 1.54) is 6.07 Å². The Kier molecular flexibility index (Phi) is 3.31. The molecular weight excluding hydrogens is 261 g/mol. The average Bonchev–Trinajstić information content (AvgIpc) is 2.32. The summed E-state index contributed by atoms with van der Waals surface area (Å²) in [7, 11) is 0. The van der Waals surface area contributed by atoms with Crippen molar-refractivity contribution in [2.75, 3.05) is 0 Å². The zero-order valence-corrected chi connectivity index (χ0v) is 10.0. The van der Waals surface area contributed by atoms with Crippen molar-refractivity contribution in [1.82, 2.24) is 4.98 Å². The molecule has 0 unspecified atom stereocenters. The van der Waals surface area contributed by atoms with Crippen LogP contribution in [0.25, 0.3) is 11.1 Å². The summed E-state index contributed by atoms with van der Waals surface area (Å²) in [5.74, 6) is 0. The maximum atomic E-state index is 11.7. The number of carbonyl (C=O) groups excluding carboxylic acids is 1. The first-order chi connectivity index (χ1) is 8.11. The first-order valence-corrected chi connectivity index (χ1v) is 5.51. The molecule has 1 aromatic heterocycles. The highest BCUT2D eigenvalue weighted by Crippen LogP contribution is 2.26. The summed E-state index contributed by atoms with van der Waals surface area (Å²) in [5, 5.41) is 0.805. The molecule has 86 valence electrons. The molecule has 0 aliphatic heterocycles. The number of aromatic amines is 1. The second kappa shape index (κ2) is 4.73. The normalized spacial score (nSPS) is 10.2. The topological polar surface area (TPSA) is 49.9 Å². The summed E-state index contributed by atoms with van der Waals surface area (Å²) in [6, 6.07) is 8.02. The van der Waals surface area contributed by atoms with E-state index in [1.54, 1.807) is 24.3 Å². The van der Waals surface area contributed by atoms with Gasteiger partial charge in [0.15, 0.2) is 6.29 Å². The molecule has 2 rings (SSSR count). The Balaban J connectivity index is 2.57. The molecule has 0 amide bonds. The van der Waals surface area contributed by atoms with Crippen LogP contribution in [0.5, 0.6) is 0 Å². The molecule has 0 spiro atoms. The summed E-state index contributed by atoms with van der Waals surface area (Å²) >= 11 is 11.7. The Morgan fingerprint density at radius 2 is 1.82 bits per heavy atom. The van der Waals surface area contributed by atoms with Gasteiger partial charge in [0, 0.05) is 5.56 Å². The van der Waals surface area contributed by atoms with E-state index in [-0.39, 0.29) is 11.3 Å². The van der Waals surface area contributed by atoms with E-state index in [0.717, 1.165) is 0 Å². The molecular formula is C12H7Cl2NO2. The Morgan fingerprint density at radius 3 is 2.41 bits per heavy atom. The summed E-state index contributed by atoms with van der Waals surface area (Å²) in [6.45, 7) is 0. The highest BCUT2D eigenvalue weighted by Gasteiger charge is 2.06. The summed E-state index contributed by atoms with van der Waals surface area (Å²) in [5.41, 5.74) is 0.985. The predicted molar refractivity (Wildman–Crippen MR) is 67.9 cm³/mol. The molecule has 17 heavy (non-hydrogen) atoms. The lowest BCUT2D eigenvalue weighted by Gasteiger charge is -2.02. The Morgan fingerprint density at radius 1 is 1.06 bits per heavy atom. The van der Waals surface area contributed by atoms with Crippen molar-refractivity contribution in [2.45, 2.75) is 0 Å². The molecule has 1 aromatic carbocycles. The molecule has 0 aliphatic rings. The molecule has 0 saturated carbocycles. The number of hydrogen-bond donors (Lipinski definition) is 1. The van der Waals surface area contributed by atoms with Crippen LogP contribution >= 0.6 is 23.2 Å².